The predicted octanol–water partition coefficient (Wildman–Crippen LogP) is 2.76. The normalized spacial score (nSPS) is 10.4. The van der Waals surface area contributed by atoms with Gasteiger partial charge in [0.05, 0.1) is 0 Å². The highest BCUT2D eigenvalue weighted by molar-refractivity contribution is 5.74. The van der Waals surface area contributed by atoms with Crippen LogP contribution in [-0.2, 0) is 6.54 Å². The summed E-state index contributed by atoms with van der Waals surface area (Å²) in [6.07, 6.45) is 2.03. The number of anilines is 1. The molecule has 2 N–H and O–H groups in total. The Hall–Kier alpha value is -1.70. The quantitative estimate of drug-likeness (QED) is 0.768. The van der Waals surface area contributed by atoms with Crippen LogP contribution in [0.25, 0.3) is 11.1 Å². The minimum Gasteiger partial charge on any atom is -0.385 e. The molecule has 2 aromatic rings. The van der Waals surface area contributed by atoms with E-state index in [-0.39, 0.29) is 0 Å². The van der Waals surface area contributed by atoms with E-state index in [1.54, 1.807) is 0 Å². The van der Waals surface area contributed by atoms with Crippen molar-refractivity contribution in [3.05, 3.63) is 42.6 Å². The van der Waals surface area contributed by atoms with Gasteiger partial charge in [-0.05, 0) is 18.6 Å². The highest BCUT2D eigenvalue weighted by Crippen LogP contribution is 2.26. The molecule has 0 saturated carbocycles. The van der Waals surface area contributed by atoms with Crippen molar-refractivity contribution in [1.82, 2.24) is 4.57 Å². The molecule has 1 aromatic carbocycles. The first-order valence-electron chi connectivity index (χ1n) is 4.83. The summed E-state index contributed by atoms with van der Waals surface area (Å²) in [4.78, 5) is 0. The third kappa shape index (κ3) is 1.39. The molecule has 0 aliphatic heterocycles. The van der Waals surface area contributed by atoms with E-state index in [2.05, 4.69) is 25.1 Å². The number of nitrogens with two attached hydrogens (primary N) is 1. The van der Waals surface area contributed by atoms with E-state index >= 15 is 0 Å². The average Bonchev–Trinajstić information content (AvgIpc) is 2.61. The van der Waals surface area contributed by atoms with Gasteiger partial charge in [-0.2, -0.15) is 0 Å². The van der Waals surface area contributed by atoms with Crippen LogP contribution >= 0.6 is 0 Å². The molecule has 0 amide bonds. The first kappa shape index (κ1) is 8.88. The zero-order chi connectivity index (χ0) is 9.97. The van der Waals surface area contributed by atoms with Gasteiger partial charge in [0.2, 0.25) is 0 Å². The van der Waals surface area contributed by atoms with Crippen molar-refractivity contribution in [3.63, 3.8) is 0 Å². The average molecular weight is 186 g/mol. The molecule has 1 aromatic heterocycles. The van der Waals surface area contributed by atoms with E-state index in [4.69, 9.17) is 5.73 Å². The van der Waals surface area contributed by atoms with Gasteiger partial charge in [-0.1, -0.05) is 30.3 Å². The molecule has 0 atom stereocenters. The number of aromatic nitrogens is 1. The monoisotopic (exact) mass is 186 g/mol. The lowest BCUT2D eigenvalue weighted by molar-refractivity contribution is 0.780. The van der Waals surface area contributed by atoms with Crippen LogP contribution in [-0.4, -0.2) is 4.57 Å². The summed E-state index contributed by atoms with van der Waals surface area (Å²) in [6.45, 7) is 3.00. The highest BCUT2D eigenvalue weighted by Gasteiger charge is 2.05. The molecule has 0 aliphatic carbocycles. The number of hydrogen-bond donors (Lipinski definition) is 1. The smallest absolute Gasteiger partial charge is 0.111 e. The van der Waals surface area contributed by atoms with E-state index in [1.165, 1.54) is 5.56 Å². The molecule has 2 heteroatoms. The van der Waals surface area contributed by atoms with Gasteiger partial charge >= 0.3 is 0 Å². The molecular formula is C12H14N2. The minimum atomic E-state index is 0.846. The highest BCUT2D eigenvalue weighted by atomic mass is 15.0. The summed E-state index contributed by atoms with van der Waals surface area (Å²) >= 11 is 0. The Morgan fingerprint density at radius 2 is 1.86 bits per heavy atom. The Morgan fingerprint density at radius 1 is 1.14 bits per heavy atom. The van der Waals surface area contributed by atoms with Crippen LogP contribution in [0.3, 0.4) is 0 Å². The van der Waals surface area contributed by atoms with Gasteiger partial charge < -0.3 is 10.3 Å². The molecule has 2 nitrogen and oxygen atoms in total. The minimum absolute atomic E-state index is 0.846. The summed E-state index contributed by atoms with van der Waals surface area (Å²) < 4.78 is 2.04. The Kier molecular flexibility index (Phi) is 2.27. The second-order valence-electron chi connectivity index (χ2n) is 3.27. The first-order chi connectivity index (χ1) is 6.83. The van der Waals surface area contributed by atoms with Gasteiger partial charge in [0, 0.05) is 18.3 Å². The van der Waals surface area contributed by atoms with Gasteiger partial charge in [-0.15, -0.1) is 0 Å². The molecule has 0 bridgehead atoms. The number of nitrogen functional groups attached to an aromatic ring is 1. The second kappa shape index (κ2) is 3.58. The molecule has 14 heavy (non-hydrogen) atoms. The van der Waals surface area contributed by atoms with Crippen LogP contribution in [0, 0.1) is 0 Å². The molecule has 0 radical (unpaired) electrons. The number of hydrogen-bond acceptors (Lipinski definition) is 1. The SMILES string of the molecule is CCn1ccc(-c2ccccc2)c1N. The van der Waals surface area contributed by atoms with Crippen molar-refractivity contribution in [2.24, 2.45) is 0 Å². The Balaban J connectivity index is 2.48. The van der Waals surface area contributed by atoms with Crippen LogP contribution in [0.4, 0.5) is 5.82 Å². The zero-order valence-electron chi connectivity index (χ0n) is 8.27. The molecule has 0 fully saturated rings. The fourth-order valence-electron chi connectivity index (χ4n) is 1.62. The van der Waals surface area contributed by atoms with E-state index in [0.29, 0.717) is 0 Å². The van der Waals surface area contributed by atoms with Gasteiger partial charge in [0.1, 0.15) is 5.82 Å². The molecule has 0 saturated heterocycles. The summed E-state index contributed by atoms with van der Waals surface area (Å²) in [7, 11) is 0. The Bertz CT molecular complexity index is 415. The molecular weight excluding hydrogens is 172 g/mol. The van der Waals surface area contributed by atoms with Crippen molar-refractivity contribution < 1.29 is 0 Å². The molecule has 0 unspecified atom stereocenters. The molecule has 0 aliphatic rings. The van der Waals surface area contributed by atoms with Gasteiger partial charge in [-0.25, -0.2) is 0 Å². The Labute approximate surface area is 84.0 Å². The van der Waals surface area contributed by atoms with Crippen molar-refractivity contribution >= 4 is 5.82 Å². The van der Waals surface area contributed by atoms with Crippen LogP contribution in [0.1, 0.15) is 6.92 Å². The van der Waals surface area contributed by atoms with Gasteiger partial charge in [0.25, 0.3) is 0 Å². The van der Waals surface area contributed by atoms with Crippen molar-refractivity contribution in [2.75, 3.05) is 5.73 Å². The zero-order valence-corrected chi connectivity index (χ0v) is 8.27. The maximum atomic E-state index is 6.01. The summed E-state index contributed by atoms with van der Waals surface area (Å²) in [5.41, 5.74) is 8.30. The lowest BCUT2D eigenvalue weighted by Crippen LogP contribution is -1.99. The number of nitrogens with zero attached hydrogens (tertiary/aromatic N) is 1. The fourth-order valence-corrected chi connectivity index (χ4v) is 1.62. The van der Waals surface area contributed by atoms with Crippen LogP contribution < -0.4 is 5.73 Å². The molecule has 72 valence electrons. The first-order valence-corrected chi connectivity index (χ1v) is 4.83. The number of rotatable bonds is 2. The van der Waals surface area contributed by atoms with Crippen LogP contribution in [0.5, 0.6) is 0 Å². The van der Waals surface area contributed by atoms with Crippen molar-refractivity contribution in [2.45, 2.75) is 13.5 Å². The van der Waals surface area contributed by atoms with Crippen molar-refractivity contribution in [3.8, 4) is 11.1 Å². The molecule has 0 spiro atoms. The van der Waals surface area contributed by atoms with Crippen molar-refractivity contribution in [1.29, 1.82) is 0 Å². The summed E-state index contributed by atoms with van der Waals surface area (Å²) in [5, 5.41) is 0. The standard InChI is InChI=1S/C12H14N2/c1-2-14-9-8-11(12(14)13)10-6-4-3-5-7-10/h3-9H,2,13H2,1H3. The topological polar surface area (TPSA) is 30.9 Å². The van der Waals surface area contributed by atoms with Gasteiger partial charge in [-0.3, -0.25) is 0 Å². The van der Waals surface area contributed by atoms with E-state index in [9.17, 15) is 0 Å². The van der Waals surface area contributed by atoms with E-state index < -0.39 is 0 Å². The third-order valence-electron chi connectivity index (χ3n) is 2.43. The molecule has 2 rings (SSSR count). The van der Waals surface area contributed by atoms with E-state index in [0.717, 1.165) is 17.9 Å². The Morgan fingerprint density at radius 3 is 2.43 bits per heavy atom. The summed E-state index contributed by atoms with van der Waals surface area (Å²) in [6, 6.07) is 12.3. The van der Waals surface area contributed by atoms with Gasteiger partial charge in [0.15, 0.2) is 0 Å². The van der Waals surface area contributed by atoms with E-state index in [1.807, 2.05) is 29.0 Å². The largest absolute Gasteiger partial charge is 0.385 e. The second-order valence-corrected chi connectivity index (χ2v) is 3.27. The summed E-state index contributed by atoms with van der Waals surface area (Å²) in [5.74, 6) is 0.846. The third-order valence-corrected chi connectivity index (χ3v) is 2.43. The van der Waals surface area contributed by atoms with Crippen LogP contribution in [0.2, 0.25) is 0 Å². The van der Waals surface area contributed by atoms with Crippen LogP contribution in [0.15, 0.2) is 42.6 Å². The fraction of sp³-hybridized carbons (Fsp3) is 0.167. The maximum Gasteiger partial charge on any atom is 0.111 e. The number of benzene rings is 1. The maximum absolute atomic E-state index is 6.01. The lowest BCUT2D eigenvalue weighted by Gasteiger charge is -2.03. The number of aryl methyl sites for hydroxylation is 1. The lowest BCUT2D eigenvalue weighted by atomic mass is 10.1. The predicted molar refractivity (Wildman–Crippen MR) is 60.0 cm³/mol. The molecule has 1 heterocycles.